The lowest BCUT2D eigenvalue weighted by molar-refractivity contribution is 0.723. The highest BCUT2D eigenvalue weighted by molar-refractivity contribution is 7.99. The van der Waals surface area contributed by atoms with E-state index in [1.54, 1.807) is 0 Å². The highest BCUT2D eigenvalue weighted by atomic mass is 32.2. The quantitative estimate of drug-likeness (QED) is 0.182. The molecule has 1 spiro atoms. The van der Waals surface area contributed by atoms with E-state index in [1.165, 1.54) is 65.1 Å². The molecule has 12 rings (SSSR count). The van der Waals surface area contributed by atoms with Gasteiger partial charge in [0.25, 0.3) is 0 Å². The third-order valence-corrected chi connectivity index (χ3v) is 12.8. The van der Waals surface area contributed by atoms with Gasteiger partial charge in [-0.25, -0.2) is 9.97 Å². The molecule has 0 unspecified atom stereocenters. The molecular formula is C51H31N3S. The van der Waals surface area contributed by atoms with Crippen LogP contribution in [-0.2, 0) is 5.41 Å². The van der Waals surface area contributed by atoms with Crippen LogP contribution in [-0.4, -0.2) is 14.5 Å². The summed E-state index contributed by atoms with van der Waals surface area (Å²) in [6.07, 6.45) is 0. The van der Waals surface area contributed by atoms with E-state index in [1.807, 2.05) is 11.8 Å². The monoisotopic (exact) mass is 717 g/mol. The Kier molecular flexibility index (Phi) is 6.48. The molecule has 0 radical (unpaired) electrons. The molecule has 55 heavy (non-hydrogen) atoms. The molecule has 8 aromatic carbocycles. The zero-order valence-corrected chi connectivity index (χ0v) is 30.5. The molecule has 2 aromatic heterocycles. The summed E-state index contributed by atoms with van der Waals surface area (Å²) in [4.78, 5) is 13.4. The SMILES string of the molecule is c1ccc(-c2ccc(-c3nc(-n4c5ccccc5c5cc6c(cc54)C4(c5ccccc5S6)c5ccccc5-c5ccccc54)nc4ccccc34)cc2)cc1. The number of para-hydroxylation sites is 2. The molecule has 3 nitrogen and oxygen atoms in total. The van der Waals surface area contributed by atoms with Crippen LogP contribution in [0, 0.1) is 0 Å². The largest absolute Gasteiger partial charge is 0.278 e. The van der Waals surface area contributed by atoms with Crippen LogP contribution in [0.25, 0.3) is 72.2 Å². The number of aromatic nitrogens is 3. The Morgan fingerprint density at radius 1 is 0.400 bits per heavy atom. The fraction of sp³-hybridized carbons (Fsp3) is 0.0196. The van der Waals surface area contributed by atoms with E-state index in [0.717, 1.165) is 33.2 Å². The average molecular weight is 718 g/mol. The van der Waals surface area contributed by atoms with Crippen molar-refractivity contribution < 1.29 is 0 Å². The van der Waals surface area contributed by atoms with Gasteiger partial charge >= 0.3 is 0 Å². The second-order valence-electron chi connectivity index (χ2n) is 14.5. The third-order valence-electron chi connectivity index (χ3n) is 11.7. The van der Waals surface area contributed by atoms with Gasteiger partial charge in [0.2, 0.25) is 5.95 Å². The first kappa shape index (κ1) is 30.7. The maximum Gasteiger partial charge on any atom is 0.235 e. The van der Waals surface area contributed by atoms with E-state index >= 15 is 0 Å². The molecule has 0 atom stereocenters. The van der Waals surface area contributed by atoms with Crippen molar-refractivity contribution in [2.45, 2.75) is 15.2 Å². The number of hydrogen-bond acceptors (Lipinski definition) is 3. The van der Waals surface area contributed by atoms with Crippen molar-refractivity contribution in [1.82, 2.24) is 14.5 Å². The summed E-state index contributed by atoms with van der Waals surface area (Å²) >= 11 is 1.88. The summed E-state index contributed by atoms with van der Waals surface area (Å²) in [6, 6.07) is 68.3. The Balaban J connectivity index is 1.15. The van der Waals surface area contributed by atoms with Crippen LogP contribution >= 0.6 is 11.8 Å². The van der Waals surface area contributed by atoms with Gasteiger partial charge in [-0.3, -0.25) is 4.57 Å². The molecule has 2 aliphatic rings. The lowest BCUT2D eigenvalue weighted by atomic mass is 9.67. The van der Waals surface area contributed by atoms with E-state index in [0.29, 0.717) is 5.95 Å². The number of fused-ring (bicyclic) bond motifs is 13. The van der Waals surface area contributed by atoms with Crippen LogP contribution in [0.4, 0.5) is 0 Å². The minimum Gasteiger partial charge on any atom is -0.278 e. The average Bonchev–Trinajstić information content (AvgIpc) is 3.73. The van der Waals surface area contributed by atoms with Gasteiger partial charge in [-0.1, -0.05) is 169 Å². The topological polar surface area (TPSA) is 30.7 Å². The molecule has 1 aliphatic heterocycles. The van der Waals surface area contributed by atoms with Crippen molar-refractivity contribution in [2.75, 3.05) is 0 Å². The Labute approximate surface area is 322 Å². The Hall–Kier alpha value is -6.75. The summed E-state index contributed by atoms with van der Waals surface area (Å²) in [7, 11) is 0. The molecule has 0 N–H and O–H groups in total. The number of nitrogens with zero attached hydrogens (tertiary/aromatic N) is 3. The van der Waals surface area contributed by atoms with Gasteiger partial charge in [-0.2, -0.15) is 0 Å². The molecule has 4 heteroatoms. The van der Waals surface area contributed by atoms with E-state index in [4.69, 9.17) is 9.97 Å². The van der Waals surface area contributed by atoms with Crippen molar-refractivity contribution in [1.29, 1.82) is 0 Å². The fourth-order valence-electron chi connectivity index (χ4n) is 9.37. The van der Waals surface area contributed by atoms with Gasteiger partial charge in [0.05, 0.1) is 27.7 Å². The molecule has 0 bridgehead atoms. The molecule has 1 aliphatic carbocycles. The van der Waals surface area contributed by atoms with Crippen LogP contribution < -0.4 is 0 Å². The van der Waals surface area contributed by atoms with E-state index in [9.17, 15) is 0 Å². The Morgan fingerprint density at radius 3 is 1.78 bits per heavy atom. The number of hydrogen-bond donors (Lipinski definition) is 0. The smallest absolute Gasteiger partial charge is 0.235 e. The summed E-state index contributed by atoms with van der Waals surface area (Å²) < 4.78 is 2.30. The second kappa shape index (κ2) is 11.6. The second-order valence-corrected chi connectivity index (χ2v) is 15.6. The first-order valence-electron chi connectivity index (χ1n) is 18.7. The molecular weight excluding hydrogens is 687 g/mol. The minimum atomic E-state index is -0.476. The van der Waals surface area contributed by atoms with Crippen molar-refractivity contribution >= 4 is 44.5 Å². The van der Waals surface area contributed by atoms with Gasteiger partial charge in [0.1, 0.15) is 0 Å². The molecule has 0 saturated carbocycles. The zero-order valence-electron chi connectivity index (χ0n) is 29.6. The predicted molar refractivity (Wildman–Crippen MR) is 226 cm³/mol. The van der Waals surface area contributed by atoms with Gasteiger partial charge in [-0.15, -0.1) is 0 Å². The Bertz CT molecular complexity index is 3130. The molecule has 256 valence electrons. The number of benzene rings is 8. The fourth-order valence-corrected chi connectivity index (χ4v) is 10.6. The summed E-state index contributed by atoms with van der Waals surface area (Å²) in [6.45, 7) is 0. The van der Waals surface area contributed by atoms with Crippen LogP contribution in [0.5, 0.6) is 0 Å². The van der Waals surface area contributed by atoms with Crippen LogP contribution in [0.1, 0.15) is 22.3 Å². The predicted octanol–water partition coefficient (Wildman–Crippen LogP) is 12.9. The highest BCUT2D eigenvalue weighted by Crippen LogP contribution is 2.62. The summed E-state index contributed by atoms with van der Waals surface area (Å²) in [5.74, 6) is 0.664. The van der Waals surface area contributed by atoms with Crippen LogP contribution in [0.2, 0.25) is 0 Å². The molecule has 0 saturated heterocycles. The normalized spacial score (nSPS) is 13.5. The third kappa shape index (κ3) is 4.29. The maximum atomic E-state index is 5.47. The van der Waals surface area contributed by atoms with Crippen LogP contribution in [0.3, 0.4) is 0 Å². The van der Waals surface area contributed by atoms with Gasteiger partial charge < -0.3 is 0 Å². The summed E-state index contributed by atoms with van der Waals surface area (Å²) in [5, 5.41) is 3.41. The van der Waals surface area contributed by atoms with Crippen molar-refractivity contribution in [3.05, 3.63) is 210 Å². The van der Waals surface area contributed by atoms with E-state index in [-0.39, 0.29) is 0 Å². The lowest BCUT2D eigenvalue weighted by Gasteiger charge is -2.39. The maximum absolute atomic E-state index is 5.47. The minimum absolute atomic E-state index is 0.476. The highest BCUT2D eigenvalue weighted by Gasteiger charge is 2.50. The van der Waals surface area contributed by atoms with Crippen molar-refractivity contribution in [2.24, 2.45) is 0 Å². The van der Waals surface area contributed by atoms with Crippen LogP contribution in [0.15, 0.2) is 198 Å². The molecule has 3 heterocycles. The number of rotatable bonds is 3. The molecule has 0 fully saturated rings. The van der Waals surface area contributed by atoms with Gasteiger partial charge in [0, 0.05) is 31.5 Å². The van der Waals surface area contributed by atoms with Crippen molar-refractivity contribution in [3.8, 4) is 39.5 Å². The van der Waals surface area contributed by atoms with Crippen molar-refractivity contribution in [3.63, 3.8) is 0 Å². The van der Waals surface area contributed by atoms with Gasteiger partial charge in [0.15, 0.2) is 0 Å². The van der Waals surface area contributed by atoms with Gasteiger partial charge in [-0.05, 0) is 74.8 Å². The first-order valence-corrected chi connectivity index (χ1v) is 19.6. The Morgan fingerprint density at radius 2 is 1.00 bits per heavy atom. The summed E-state index contributed by atoms with van der Waals surface area (Å²) in [5.41, 5.74) is 14.9. The van der Waals surface area contributed by atoms with E-state index in [2.05, 4.69) is 193 Å². The molecule has 10 aromatic rings. The molecule has 0 amide bonds. The lowest BCUT2D eigenvalue weighted by Crippen LogP contribution is -2.32. The zero-order chi connectivity index (χ0) is 36.1. The standard InChI is InChI=1S/C51H31N3S/c1-2-14-32(15-3-1)33-26-28-34(29-27-33)49-38-19-6-11-23-44(38)52-50(53-49)54-45-24-12-7-18-37(45)39-30-48-43(31-46(39)54)51(42-22-10-13-25-47(42)55-48)40-20-8-4-16-35(40)36-17-5-9-21-41(36)51/h1-31H. The first-order chi connectivity index (χ1) is 27.3. The van der Waals surface area contributed by atoms with E-state index < -0.39 is 5.41 Å².